The lowest BCUT2D eigenvalue weighted by molar-refractivity contribution is 0.0745. The fourth-order valence-corrected chi connectivity index (χ4v) is 4.07. The fraction of sp³-hybridized carbons (Fsp3) is 0.429. The van der Waals surface area contributed by atoms with E-state index in [9.17, 15) is 18.8 Å². The Kier molecular flexibility index (Phi) is 6.72. The monoisotopic (exact) mass is 477 g/mol. The molecular formula is C21H24FN5O5S. The number of cyclic esters (lactones) is 1. The number of nitrogens with one attached hydrogen (secondary N) is 1. The van der Waals surface area contributed by atoms with Crippen molar-refractivity contribution in [3.05, 3.63) is 41.5 Å². The topological polar surface area (TPSA) is 108 Å². The standard InChI is InChI=1S/C21H24FN5O5S/c1-13-16(12-31-24-13)19(28)26-7-5-25(6-8-26)18-4-3-14(9-17(18)22)27-11-15(32-21(27)30)10-23-20(29)33-2/h3-4,9,12,15H,5-8,10-11H2,1-2H3,(H,23,29)/t15-/m0/s1. The van der Waals surface area contributed by atoms with Gasteiger partial charge in [0, 0.05) is 26.2 Å². The molecule has 2 fully saturated rings. The number of ether oxygens (including phenoxy) is 1. The summed E-state index contributed by atoms with van der Waals surface area (Å²) in [6.07, 6.45) is 1.91. The second-order valence-electron chi connectivity index (χ2n) is 7.72. The van der Waals surface area contributed by atoms with Crippen LogP contribution in [0.5, 0.6) is 0 Å². The van der Waals surface area contributed by atoms with Gasteiger partial charge in [-0.2, -0.15) is 0 Å². The predicted molar refractivity (Wildman–Crippen MR) is 120 cm³/mol. The minimum Gasteiger partial charge on any atom is -0.442 e. The smallest absolute Gasteiger partial charge is 0.414 e. The molecule has 12 heteroatoms. The van der Waals surface area contributed by atoms with E-state index in [1.54, 1.807) is 30.2 Å². The molecule has 4 rings (SSSR count). The van der Waals surface area contributed by atoms with E-state index in [2.05, 4.69) is 10.5 Å². The number of piperazine rings is 1. The Hall–Kier alpha value is -3.28. The molecule has 2 aromatic rings. The zero-order valence-corrected chi connectivity index (χ0v) is 19.1. The first-order valence-corrected chi connectivity index (χ1v) is 11.6. The van der Waals surface area contributed by atoms with Gasteiger partial charge in [0.15, 0.2) is 0 Å². The number of aromatic nitrogens is 1. The number of anilines is 2. The highest BCUT2D eigenvalue weighted by Crippen LogP contribution is 2.28. The number of hydrogen-bond donors (Lipinski definition) is 1. The molecule has 1 N–H and O–H groups in total. The number of rotatable bonds is 5. The maximum atomic E-state index is 15.0. The van der Waals surface area contributed by atoms with Gasteiger partial charge in [-0.1, -0.05) is 16.9 Å². The molecule has 3 heterocycles. The lowest BCUT2D eigenvalue weighted by atomic mass is 10.2. The van der Waals surface area contributed by atoms with Crippen LogP contribution in [0.4, 0.5) is 25.4 Å². The average Bonchev–Trinajstić information content (AvgIpc) is 3.42. The molecule has 0 saturated carbocycles. The highest BCUT2D eigenvalue weighted by Gasteiger charge is 2.33. The van der Waals surface area contributed by atoms with Gasteiger partial charge in [0.05, 0.1) is 30.2 Å². The zero-order valence-electron chi connectivity index (χ0n) is 18.2. The molecule has 2 aliphatic heterocycles. The lowest BCUT2D eigenvalue weighted by Gasteiger charge is -2.36. The second-order valence-corrected chi connectivity index (χ2v) is 8.50. The maximum absolute atomic E-state index is 15.0. The third-order valence-corrected chi connectivity index (χ3v) is 6.18. The Morgan fingerprint density at radius 2 is 2.03 bits per heavy atom. The van der Waals surface area contributed by atoms with E-state index < -0.39 is 18.0 Å². The van der Waals surface area contributed by atoms with E-state index in [0.717, 1.165) is 11.8 Å². The van der Waals surface area contributed by atoms with Crippen LogP contribution in [0, 0.1) is 12.7 Å². The summed E-state index contributed by atoms with van der Waals surface area (Å²) < 4.78 is 25.1. The summed E-state index contributed by atoms with van der Waals surface area (Å²) >= 11 is 1.04. The highest BCUT2D eigenvalue weighted by molar-refractivity contribution is 8.12. The van der Waals surface area contributed by atoms with Gasteiger partial charge in [-0.3, -0.25) is 14.5 Å². The van der Waals surface area contributed by atoms with E-state index in [0.29, 0.717) is 48.8 Å². The summed E-state index contributed by atoms with van der Waals surface area (Å²) in [6.45, 7) is 3.93. The number of benzene rings is 1. The van der Waals surface area contributed by atoms with Crippen molar-refractivity contribution in [2.24, 2.45) is 0 Å². The van der Waals surface area contributed by atoms with Crippen LogP contribution >= 0.6 is 11.8 Å². The molecule has 0 bridgehead atoms. The Balaban J connectivity index is 1.36. The number of thioether (sulfide) groups is 1. The summed E-state index contributed by atoms with van der Waals surface area (Å²) in [5, 5.41) is 6.19. The lowest BCUT2D eigenvalue weighted by Crippen LogP contribution is -2.49. The Bertz CT molecular complexity index is 1060. The highest BCUT2D eigenvalue weighted by atomic mass is 32.2. The summed E-state index contributed by atoms with van der Waals surface area (Å²) in [5.41, 5.74) is 1.77. The van der Waals surface area contributed by atoms with Gasteiger partial charge < -0.3 is 24.4 Å². The molecule has 0 spiro atoms. The molecule has 10 nitrogen and oxygen atoms in total. The molecule has 176 valence electrons. The first-order valence-electron chi connectivity index (χ1n) is 10.4. The van der Waals surface area contributed by atoms with Crippen molar-refractivity contribution in [1.82, 2.24) is 15.4 Å². The van der Waals surface area contributed by atoms with Gasteiger partial charge in [-0.15, -0.1) is 0 Å². The number of carbonyl (C=O) groups is 3. The van der Waals surface area contributed by atoms with Gasteiger partial charge in [0.2, 0.25) is 0 Å². The van der Waals surface area contributed by atoms with E-state index in [1.165, 1.54) is 17.2 Å². The molecule has 33 heavy (non-hydrogen) atoms. The maximum Gasteiger partial charge on any atom is 0.414 e. The minimum atomic E-state index is -0.582. The van der Waals surface area contributed by atoms with Crippen molar-refractivity contribution in [3.8, 4) is 0 Å². The molecule has 1 aromatic heterocycles. The molecule has 3 amide bonds. The van der Waals surface area contributed by atoms with Crippen LogP contribution in [0.25, 0.3) is 0 Å². The number of halogens is 1. The number of aryl methyl sites for hydroxylation is 1. The number of nitrogens with zero attached hydrogens (tertiary/aromatic N) is 4. The van der Waals surface area contributed by atoms with Crippen LogP contribution in [0.2, 0.25) is 0 Å². The summed E-state index contributed by atoms with van der Waals surface area (Å²) in [6, 6.07) is 4.60. The molecule has 0 radical (unpaired) electrons. The third-order valence-electron chi connectivity index (χ3n) is 5.66. The van der Waals surface area contributed by atoms with Crippen molar-refractivity contribution < 1.29 is 28.0 Å². The second kappa shape index (κ2) is 9.69. The molecule has 1 aromatic carbocycles. The van der Waals surface area contributed by atoms with Gasteiger partial charge in [0.25, 0.3) is 11.1 Å². The average molecular weight is 478 g/mol. The Morgan fingerprint density at radius 3 is 2.67 bits per heavy atom. The summed E-state index contributed by atoms with van der Waals surface area (Å²) in [7, 11) is 0. The van der Waals surface area contributed by atoms with E-state index in [-0.39, 0.29) is 24.2 Å². The quantitative estimate of drug-likeness (QED) is 0.700. The van der Waals surface area contributed by atoms with Crippen molar-refractivity contribution >= 4 is 40.4 Å². The van der Waals surface area contributed by atoms with Crippen LogP contribution < -0.4 is 15.1 Å². The first kappa shape index (κ1) is 22.9. The fourth-order valence-electron chi connectivity index (χ4n) is 3.85. The van der Waals surface area contributed by atoms with E-state index in [4.69, 9.17) is 9.26 Å². The number of carbonyl (C=O) groups excluding carboxylic acids is 3. The molecule has 2 saturated heterocycles. The molecule has 0 aliphatic carbocycles. The Labute approximate surface area is 194 Å². The normalized spacial score (nSPS) is 18.5. The summed E-state index contributed by atoms with van der Waals surface area (Å²) in [4.78, 5) is 41.1. The number of hydrogen-bond acceptors (Lipinski definition) is 8. The molecular weight excluding hydrogens is 453 g/mol. The van der Waals surface area contributed by atoms with Crippen molar-refractivity contribution in [2.75, 3.05) is 55.3 Å². The largest absolute Gasteiger partial charge is 0.442 e. The summed E-state index contributed by atoms with van der Waals surface area (Å²) in [5.74, 6) is -0.617. The van der Waals surface area contributed by atoms with Crippen LogP contribution in [0.15, 0.2) is 29.0 Å². The SMILES string of the molecule is CSC(=O)NC[C@H]1CN(c2ccc(N3CCN(C(=O)c4conc4C)CC3)c(F)c2)C(=O)O1. The van der Waals surface area contributed by atoms with E-state index >= 15 is 0 Å². The van der Waals surface area contributed by atoms with Crippen LogP contribution in [-0.4, -0.2) is 78.9 Å². The van der Waals surface area contributed by atoms with Crippen LogP contribution in [-0.2, 0) is 4.74 Å². The van der Waals surface area contributed by atoms with Crippen molar-refractivity contribution in [2.45, 2.75) is 13.0 Å². The number of amides is 3. The molecule has 1 atom stereocenters. The van der Waals surface area contributed by atoms with Crippen LogP contribution in [0.1, 0.15) is 16.1 Å². The Morgan fingerprint density at radius 1 is 1.27 bits per heavy atom. The molecule has 0 unspecified atom stereocenters. The van der Waals surface area contributed by atoms with Crippen molar-refractivity contribution in [3.63, 3.8) is 0 Å². The van der Waals surface area contributed by atoms with E-state index in [1.807, 2.05) is 4.90 Å². The van der Waals surface area contributed by atoms with Gasteiger partial charge in [-0.25, -0.2) is 9.18 Å². The third kappa shape index (κ3) is 4.90. The minimum absolute atomic E-state index is 0.153. The predicted octanol–water partition coefficient (Wildman–Crippen LogP) is 2.48. The van der Waals surface area contributed by atoms with Crippen molar-refractivity contribution in [1.29, 1.82) is 0 Å². The first-order chi connectivity index (χ1) is 15.9. The van der Waals surface area contributed by atoms with Gasteiger partial charge >= 0.3 is 6.09 Å². The zero-order chi connectivity index (χ0) is 23.5. The van der Waals surface area contributed by atoms with Gasteiger partial charge in [-0.05, 0) is 31.4 Å². The van der Waals surface area contributed by atoms with Crippen LogP contribution in [0.3, 0.4) is 0 Å². The van der Waals surface area contributed by atoms with Gasteiger partial charge in [0.1, 0.15) is 23.7 Å². The molecule has 2 aliphatic rings.